The van der Waals surface area contributed by atoms with Crippen molar-refractivity contribution in [3.8, 4) is 11.3 Å². The van der Waals surface area contributed by atoms with Crippen LogP contribution in [-0.4, -0.2) is 43.9 Å². The molecule has 2 aromatic heterocycles. The molecule has 0 spiro atoms. The third kappa shape index (κ3) is 4.72. The minimum Gasteiger partial charge on any atom is -0.302 e. The van der Waals surface area contributed by atoms with Crippen molar-refractivity contribution in [3.63, 3.8) is 0 Å². The topological polar surface area (TPSA) is 75.9 Å². The molecule has 13 heteroatoms. The number of halogens is 6. The molecule has 1 aliphatic heterocycles. The van der Waals surface area contributed by atoms with Crippen LogP contribution in [-0.2, 0) is 31.4 Å². The van der Waals surface area contributed by atoms with Crippen molar-refractivity contribution in [1.29, 1.82) is 0 Å². The fourth-order valence-electron chi connectivity index (χ4n) is 5.38. The molecule has 1 aliphatic carbocycles. The second kappa shape index (κ2) is 8.61. The molecule has 3 aromatic rings. The van der Waals surface area contributed by atoms with Gasteiger partial charge in [0.25, 0.3) is 5.56 Å². The quantitative estimate of drug-likeness (QED) is 0.497. The van der Waals surface area contributed by atoms with Crippen LogP contribution < -0.4 is 11.2 Å². The van der Waals surface area contributed by atoms with Crippen molar-refractivity contribution in [3.05, 3.63) is 74.2 Å². The maximum absolute atomic E-state index is 13.0. The van der Waals surface area contributed by atoms with Crippen molar-refractivity contribution in [2.75, 3.05) is 19.6 Å². The zero-order chi connectivity index (χ0) is 26.8. The van der Waals surface area contributed by atoms with Gasteiger partial charge in [-0.25, -0.2) is 4.79 Å². The number of aryl methyl sites for hydroxylation is 2. The van der Waals surface area contributed by atoms with Crippen molar-refractivity contribution in [2.24, 2.45) is 13.0 Å². The number of hydrogen-bond donors (Lipinski definition) is 1. The summed E-state index contributed by atoms with van der Waals surface area (Å²) in [7, 11) is 1.28. The van der Waals surface area contributed by atoms with Gasteiger partial charge in [0.05, 0.1) is 16.8 Å². The predicted molar refractivity (Wildman–Crippen MR) is 121 cm³/mol. The van der Waals surface area contributed by atoms with Crippen LogP contribution in [0.25, 0.3) is 11.3 Å². The fraction of sp³-hybridized carbons (Fsp3) is 0.458. The van der Waals surface area contributed by atoms with Crippen molar-refractivity contribution in [2.45, 2.75) is 37.2 Å². The Labute approximate surface area is 206 Å². The SMILES string of the molecule is Cn1nc(C(F)(F)F)cc1-c1cn(CCCN2C[C@@H]3C[C@]3(c3ccc(C(F)(F)F)cc3)C2)c(=O)[nH]c1=O. The molecular formula is C24H23F6N5O2. The first-order chi connectivity index (χ1) is 17.3. The van der Waals surface area contributed by atoms with Crippen LogP contribution in [0, 0.1) is 5.92 Å². The number of fused-ring (bicyclic) bond motifs is 1. The van der Waals surface area contributed by atoms with Gasteiger partial charge < -0.3 is 4.90 Å². The van der Waals surface area contributed by atoms with Crippen LogP contribution in [0.15, 0.2) is 46.1 Å². The molecule has 1 aromatic carbocycles. The number of likely N-dealkylation sites (tertiary alicyclic amines) is 1. The minimum atomic E-state index is -4.68. The number of nitrogens with one attached hydrogen (secondary N) is 1. The van der Waals surface area contributed by atoms with E-state index in [4.69, 9.17) is 0 Å². The Kier molecular flexibility index (Phi) is 5.89. The lowest BCUT2D eigenvalue weighted by molar-refractivity contribution is -0.141. The molecule has 0 unspecified atom stereocenters. The van der Waals surface area contributed by atoms with E-state index in [9.17, 15) is 35.9 Å². The number of alkyl halides is 6. The van der Waals surface area contributed by atoms with E-state index in [1.54, 1.807) is 12.1 Å². The Bertz CT molecular complexity index is 1440. The van der Waals surface area contributed by atoms with Gasteiger partial charge >= 0.3 is 18.0 Å². The summed E-state index contributed by atoms with van der Waals surface area (Å²) >= 11 is 0. The molecular weight excluding hydrogens is 504 g/mol. The summed E-state index contributed by atoms with van der Waals surface area (Å²) in [6.45, 7) is 2.33. The van der Waals surface area contributed by atoms with Gasteiger partial charge in [-0.05, 0) is 49.1 Å². The van der Waals surface area contributed by atoms with Crippen molar-refractivity contribution < 1.29 is 26.3 Å². The van der Waals surface area contributed by atoms with E-state index in [-0.39, 0.29) is 23.2 Å². The van der Waals surface area contributed by atoms with Gasteiger partial charge in [0.2, 0.25) is 0 Å². The summed E-state index contributed by atoms with van der Waals surface area (Å²) in [4.78, 5) is 29.0. The maximum atomic E-state index is 13.0. The molecule has 37 heavy (non-hydrogen) atoms. The third-order valence-electron chi connectivity index (χ3n) is 7.33. The van der Waals surface area contributed by atoms with Gasteiger partial charge in [0, 0.05) is 38.3 Å². The third-order valence-corrected chi connectivity index (χ3v) is 7.33. The highest BCUT2D eigenvalue weighted by molar-refractivity contribution is 5.57. The van der Waals surface area contributed by atoms with E-state index in [1.807, 2.05) is 0 Å². The number of aromatic nitrogens is 4. The summed E-state index contributed by atoms with van der Waals surface area (Å²) in [5.74, 6) is 0.360. The normalized spacial score (nSPS) is 21.9. The Morgan fingerprint density at radius 2 is 1.76 bits per heavy atom. The van der Waals surface area contributed by atoms with Gasteiger partial charge in [0.15, 0.2) is 5.69 Å². The largest absolute Gasteiger partial charge is 0.435 e. The highest BCUT2D eigenvalue weighted by Crippen LogP contribution is 2.59. The molecule has 0 amide bonds. The Morgan fingerprint density at radius 1 is 1.05 bits per heavy atom. The summed E-state index contributed by atoms with van der Waals surface area (Å²) < 4.78 is 79.9. The molecule has 2 atom stereocenters. The fourth-order valence-corrected chi connectivity index (χ4v) is 5.38. The number of benzene rings is 1. The summed E-state index contributed by atoms with van der Waals surface area (Å²) in [6, 6.07) is 6.09. The molecule has 3 heterocycles. The summed E-state index contributed by atoms with van der Waals surface area (Å²) in [6.07, 6.45) is -6.37. The Hall–Kier alpha value is -3.35. The monoisotopic (exact) mass is 527 g/mol. The van der Waals surface area contributed by atoms with E-state index in [1.165, 1.54) is 17.8 Å². The van der Waals surface area contributed by atoms with Crippen LogP contribution in [0.5, 0.6) is 0 Å². The maximum Gasteiger partial charge on any atom is 0.435 e. The number of aromatic amines is 1. The van der Waals surface area contributed by atoms with Gasteiger partial charge in [-0.15, -0.1) is 0 Å². The first kappa shape index (κ1) is 25.3. The van der Waals surface area contributed by atoms with Crippen LogP contribution in [0.4, 0.5) is 26.3 Å². The van der Waals surface area contributed by atoms with E-state index in [2.05, 4.69) is 15.0 Å². The van der Waals surface area contributed by atoms with Gasteiger partial charge in [0.1, 0.15) is 0 Å². The van der Waals surface area contributed by atoms with Gasteiger partial charge in [-0.1, -0.05) is 12.1 Å². The number of hydrogen-bond acceptors (Lipinski definition) is 4. The number of piperidine rings is 1. The second-order valence-electron chi connectivity index (χ2n) is 9.75. The first-order valence-electron chi connectivity index (χ1n) is 11.6. The number of rotatable bonds is 6. The molecule has 198 valence electrons. The molecule has 1 N–H and O–H groups in total. The van der Waals surface area contributed by atoms with Crippen LogP contribution in [0.2, 0.25) is 0 Å². The highest BCUT2D eigenvalue weighted by Gasteiger charge is 2.60. The van der Waals surface area contributed by atoms with E-state index < -0.39 is 34.9 Å². The molecule has 1 saturated carbocycles. The zero-order valence-corrected chi connectivity index (χ0v) is 19.7. The standard InChI is InChI=1S/C24H23F6N5O2/c1-33-18(9-19(32-33)24(28,29)30)17-12-35(21(37)31-20(17)36)8-2-7-34-11-16-10-22(16,13-34)14-3-5-15(6-4-14)23(25,26)27/h3-6,9,12,16H,2,7-8,10-11,13H2,1H3,(H,31,36,37)/t16-,22+/m0/s1. The van der Waals surface area contributed by atoms with Gasteiger partial charge in [-0.3, -0.25) is 19.0 Å². The number of H-pyrrole nitrogens is 1. The molecule has 5 rings (SSSR count). The van der Waals surface area contributed by atoms with Crippen LogP contribution >= 0.6 is 0 Å². The summed E-state index contributed by atoms with van der Waals surface area (Å²) in [5.41, 5.74) is -2.73. The van der Waals surface area contributed by atoms with Gasteiger partial charge in [-0.2, -0.15) is 31.4 Å². The van der Waals surface area contributed by atoms with E-state index >= 15 is 0 Å². The predicted octanol–water partition coefficient (Wildman–Crippen LogP) is 3.64. The number of nitrogens with zero attached hydrogens (tertiary/aromatic N) is 4. The molecule has 1 saturated heterocycles. The lowest BCUT2D eigenvalue weighted by Crippen LogP contribution is -2.32. The Balaban J connectivity index is 1.24. The first-order valence-corrected chi connectivity index (χ1v) is 11.6. The molecule has 0 bridgehead atoms. The average molecular weight is 527 g/mol. The highest BCUT2D eigenvalue weighted by atomic mass is 19.4. The lowest BCUT2D eigenvalue weighted by Gasteiger charge is -2.21. The molecule has 2 fully saturated rings. The Morgan fingerprint density at radius 3 is 2.38 bits per heavy atom. The zero-order valence-electron chi connectivity index (χ0n) is 19.7. The lowest BCUT2D eigenvalue weighted by atomic mass is 9.94. The average Bonchev–Trinajstić information content (AvgIpc) is 3.15. The van der Waals surface area contributed by atoms with Crippen molar-refractivity contribution >= 4 is 0 Å². The molecule has 0 radical (unpaired) electrons. The molecule has 2 aliphatic rings. The van der Waals surface area contributed by atoms with Crippen LogP contribution in [0.3, 0.4) is 0 Å². The summed E-state index contributed by atoms with van der Waals surface area (Å²) in [5, 5.41) is 3.41. The smallest absolute Gasteiger partial charge is 0.302 e. The minimum absolute atomic E-state index is 0.0690. The van der Waals surface area contributed by atoms with E-state index in [0.717, 1.165) is 41.4 Å². The van der Waals surface area contributed by atoms with Crippen molar-refractivity contribution in [1.82, 2.24) is 24.2 Å². The molecule has 7 nitrogen and oxygen atoms in total. The van der Waals surface area contributed by atoms with E-state index in [0.29, 0.717) is 25.4 Å². The second-order valence-corrected chi connectivity index (χ2v) is 9.75. The van der Waals surface area contributed by atoms with Crippen LogP contribution in [0.1, 0.15) is 29.7 Å².